The summed E-state index contributed by atoms with van der Waals surface area (Å²) in [6, 6.07) is 21.0. The molecule has 0 aliphatic carbocycles. The van der Waals surface area contributed by atoms with Crippen molar-refractivity contribution in [3.8, 4) is 0 Å². The van der Waals surface area contributed by atoms with E-state index in [1.165, 1.54) is 22.9 Å². The summed E-state index contributed by atoms with van der Waals surface area (Å²) in [4.78, 5) is 26.5. The van der Waals surface area contributed by atoms with E-state index >= 15 is 0 Å². The fourth-order valence-electron chi connectivity index (χ4n) is 3.21. The Hall–Kier alpha value is -3.02. The number of aryl methyl sites for hydroxylation is 1. The first kappa shape index (κ1) is 21.2. The summed E-state index contributed by atoms with van der Waals surface area (Å²) in [6.07, 6.45) is 2.54. The van der Waals surface area contributed by atoms with Gasteiger partial charge in [0.05, 0.1) is 10.6 Å². The molecule has 1 heterocycles. The monoisotopic (exact) mass is 448 g/mol. The maximum atomic E-state index is 12.6. The summed E-state index contributed by atoms with van der Waals surface area (Å²) >= 11 is 7.57. The van der Waals surface area contributed by atoms with Gasteiger partial charge in [0.25, 0.3) is 11.8 Å². The van der Waals surface area contributed by atoms with Crippen LogP contribution < -0.4 is 10.6 Å². The minimum Gasteiger partial charge on any atom is -0.352 e. The number of thioether (sulfide) groups is 1. The molecule has 0 unspecified atom stereocenters. The fourth-order valence-corrected chi connectivity index (χ4v) is 4.33. The lowest BCUT2D eigenvalue weighted by atomic mass is 10.1. The molecule has 1 aliphatic rings. The lowest BCUT2D eigenvalue weighted by Crippen LogP contribution is -2.26. The average molecular weight is 449 g/mol. The van der Waals surface area contributed by atoms with E-state index in [1.807, 2.05) is 31.2 Å². The van der Waals surface area contributed by atoms with Crippen LogP contribution in [0.3, 0.4) is 0 Å². The lowest BCUT2D eigenvalue weighted by molar-refractivity contribution is -0.112. The molecule has 0 radical (unpaired) electrons. The van der Waals surface area contributed by atoms with Gasteiger partial charge >= 0.3 is 0 Å². The van der Waals surface area contributed by atoms with Gasteiger partial charge in [0.2, 0.25) is 0 Å². The van der Waals surface area contributed by atoms with Crippen molar-refractivity contribution in [3.63, 3.8) is 0 Å². The molecule has 4 nitrogen and oxygen atoms in total. The second-order valence-corrected chi connectivity index (χ2v) is 8.78. The Kier molecular flexibility index (Phi) is 6.44. The molecule has 6 heteroatoms. The van der Waals surface area contributed by atoms with Gasteiger partial charge in [-0.2, -0.15) is 0 Å². The first-order chi connectivity index (χ1) is 15.0. The van der Waals surface area contributed by atoms with Gasteiger partial charge < -0.3 is 10.6 Å². The molecule has 156 valence electrons. The van der Waals surface area contributed by atoms with Crippen molar-refractivity contribution in [2.75, 3.05) is 11.9 Å². The zero-order chi connectivity index (χ0) is 21.8. The van der Waals surface area contributed by atoms with E-state index in [0.29, 0.717) is 27.7 Å². The molecule has 0 bridgehead atoms. The van der Waals surface area contributed by atoms with Crippen molar-refractivity contribution in [2.45, 2.75) is 18.2 Å². The zero-order valence-electron chi connectivity index (χ0n) is 16.9. The van der Waals surface area contributed by atoms with Gasteiger partial charge in [-0.25, -0.2) is 0 Å². The molecule has 0 atom stereocenters. The second-order valence-electron chi connectivity index (χ2n) is 7.29. The molecule has 2 N–H and O–H groups in total. The first-order valence-electron chi connectivity index (χ1n) is 9.93. The van der Waals surface area contributed by atoms with Gasteiger partial charge in [-0.1, -0.05) is 71.4 Å². The molecule has 2 amide bonds. The number of benzene rings is 3. The molecule has 0 saturated heterocycles. The Bertz CT molecular complexity index is 1170. The number of nitrogens with one attached hydrogen (secondary N) is 2. The molecular formula is C25H21ClN2O2S. The zero-order valence-corrected chi connectivity index (χ0v) is 18.5. The van der Waals surface area contributed by atoms with Crippen molar-refractivity contribution in [1.29, 1.82) is 0 Å². The Morgan fingerprint density at radius 3 is 2.65 bits per heavy atom. The van der Waals surface area contributed by atoms with Crippen LogP contribution in [0.4, 0.5) is 5.69 Å². The van der Waals surface area contributed by atoms with Crippen LogP contribution in [0.2, 0.25) is 5.02 Å². The van der Waals surface area contributed by atoms with Crippen LogP contribution in [-0.4, -0.2) is 18.4 Å². The third-order valence-electron chi connectivity index (χ3n) is 4.95. The number of anilines is 1. The standard InChI is InChI=1S/C25H21ClN2O2S/c1-16-6-8-17(9-7-16)12-13-27-24(29)19-10-11-22-21(14-19)28-25(30)23(31-22)15-18-4-2-3-5-20(18)26/h2-11,14-15H,12-13H2,1H3,(H,27,29)(H,28,30). The van der Waals surface area contributed by atoms with Crippen LogP contribution in [-0.2, 0) is 11.2 Å². The minimum atomic E-state index is -0.214. The molecule has 1 aliphatic heterocycles. The number of amides is 2. The number of fused-ring (bicyclic) bond motifs is 1. The van der Waals surface area contributed by atoms with Crippen molar-refractivity contribution in [1.82, 2.24) is 5.32 Å². The van der Waals surface area contributed by atoms with Crippen LogP contribution in [0, 0.1) is 6.92 Å². The van der Waals surface area contributed by atoms with Crippen LogP contribution in [0.15, 0.2) is 76.5 Å². The first-order valence-corrected chi connectivity index (χ1v) is 11.1. The van der Waals surface area contributed by atoms with Gasteiger partial charge in [-0.3, -0.25) is 9.59 Å². The molecule has 0 aromatic heterocycles. The summed E-state index contributed by atoms with van der Waals surface area (Å²) in [7, 11) is 0. The highest BCUT2D eigenvalue weighted by Gasteiger charge is 2.22. The van der Waals surface area contributed by atoms with Crippen LogP contribution >= 0.6 is 23.4 Å². The van der Waals surface area contributed by atoms with E-state index in [9.17, 15) is 9.59 Å². The van der Waals surface area contributed by atoms with Gasteiger partial charge in [-0.05, 0) is 54.8 Å². The topological polar surface area (TPSA) is 58.2 Å². The Morgan fingerprint density at radius 1 is 1.10 bits per heavy atom. The highest BCUT2D eigenvalue weighted by molar-refractivity contribution is 8.04. The summed E-state index contributed by atoms with van der Waals surface area (Å²) < 4.78 is 0. The van der Waals surface area contributed by atoms with E-state index < -0.39 is 0 Å². The highest BCUT2D eigenvalue weighted by Crippen LogP contribution is 2.39. The average Bonchev–Trinajstić information content (AvgIpc) is 2.76. The van der Waals surface area contributed by atoms with Crippen molar-refractivity contribution in [2.24, 2.45) is 0 Å². The third-order valence-corrected chi connectivity index (χ3v) is 6.39. The number of carbonyl (C=O) groups is 2. The molecule has 0 saturated carbocycles. The number of rotatable bonds is 5. The van der Waals surface area contributed by atoms with Crippen LogP contribution in [0.1, 0.15) is 27.0 Å². The second kappa shape index (κ2) is 9.41. The van der Waals surface area contributed by atoms with Crippen LogP contribution in [0.25, 0.3) is 6.08 Å². The van der Waals surface area contributed by atoms with Crippen molar-refractivity contribution >= 4 is 46.9 Å². The quantitative estimate of drug-likeness (QED) is 0.492. The number of hydrogen-bond donors (Lipinski definition) is 2. The van der Waals surface area contributed by atoms with Crippen LogP contribution in [0.5, 0.6) is 0 Å². The van der Waals surface area contributed by atoms with Gasteiger partial charge in [0, 0.05) is 22.0 Å². The summed E-state index contributed by atoms with van der Waals surface area (Å²) in [5, 5.41) is 6.41. The molecular weight excluding hydrogens is 428 g/mol. The molecule has 0 spiro atoms. The van der Waals surface area contributed by atoms with E-state index in [1.54, 1.807) is 24.3 Å². The fraction of sp³-hybridized carbons (Fsp3) is 0.120. The summed E-state index contributed by atoms with van der Waals surface area (Å²) in [5.41, 5.74) is 4.33. The molecule has 3 aromatic carbocycles. The van der Waals surface area contributed by atoms with Gasteiger partial charge in [0.1, 0.15) is 0 Å². The highest BCUT2D eigenvalue weighted by atomic mass is 35.5. The largest absolute Gasteiger partial charge is 0.352 e. The molecule has 4 rings (SSSR count). The van der Waals surface area contributed by atoms with E-state index in [0.717, 1.165) is 16.9 Å². The van der Waals surface area contributed by atoms with Crippen molar-refractivity contribution in [3.05, 3.63) is 98.9 Å². The lowest BCUT2D eigenvalue weighted by Gasteiger charge is -2.19. The molecule has 31 heavy (non-hydrogen) atoms. The Labute approximate surface area is 190 Å². The Balaban J connectivity index is 1.42. The SMILES string of the molecule is Cc1ccc(CCNC(=O)c2ccc3c(c2)NC(=O)C(=Cc2ccccc2Cl)S3)cc1. The summed E-state index contributed by atoms with van der Waals surface area (Å²) in [6.45, 7) is 2.60. The predicted molar refractivity (Wildman–Crippen MR) is 128 cm³/mol. The third kappa shape index (κ3) is 5.19. The Morgan fingerprint density at radius 2 is 1.87 bits per heavy atom. The van der Waals surface area contributed by atoms with E-state index in [4.69, 9.17) is 11.6 Å². The minimum absolute atomic E-state index is 0.161. The normalized spacial score (nSPS) is 14.1. The molecule has 3 aromatic rings. The number of hydrogen-bond acceptors (Lipinski definition) is 3. The van der Waals surface area contributed by atoms with E-state index in [2.05, 4.69) is 34.9 Å². The maximum Gasteiger partial charge on any atom is 0.262 e. The number of carbonyl (C=O) groups excluding carboxylic acids is 2. The van der Waals surface area contributed by atoms with E-state index in [-0.39, 0.29) is 11.8 Å². The molecule has 0 fully saturated rings. The predicted octanol–water partition coefficient (Wildman–Crippen LogP) is 5.71. The maximum absolute atomic E-state index is 12.6. The van der Waals surface area contributed by atoms with Crippen molar-refractivity contribution < 1.29 is 9.59 Å². The van der Waals surface area contributed by atoms with Gasteiger partial charge in [0.15, 0.2) is 0 Å². The summed E-state index contributed by atoms with van der Waals surface area (Å²) in [5.74, 6) is -0.374. The smallest absolute Gasteiger partial charge is 0.262 e. The number of halogens is 1. The van der Waals surface area contributed by atoms with Gasteiger partial charge in [-0.15, -0.1) is 0 Å².